The highest BCUT2D eigenvalue weighted by atomic mass is 14.2. The average Bonchev–Trinajstić information content (AvgIpc) is 2.27. The maximum absolute atomic E-state index is 6.16. The van der Waals surface area contributed by atoms with Gasteiger partial charge in [-0.15, -0.1) is 0 Å². The first-order chi connectivity index (χ1) is 6.17. The molecule has 0 spiro atoms. The van der Waals surface area contributed by atoms with Crippen LogP contribution in [0.25, 0.3) is 0 Å². The summed E-state index contributed by atoms with van der Waals surface area (Å²) in [6.45, 7) is 2.17. The summed E-state index contributed by atoms with van der Waals surface area (Å²) in [6, 6.07) is 8.71. The Hall–Kier alpha value is -0.715. The molecular formula is C12H15B. The summed E-state index contributed by atoms with van der Waals surface area (Å²) >= 11 is 0. The molecular weight excluding hydrogens is 155 g/mol. The van der Waals surface area contributed by atoms with E-state index in [9.17, 15) is 0 Å². The summed E-state index contributed by atoms with van der Waals surface area (Å²) in [7, 11) is 6.16. The largest absolute Gasteiger partial charge is 0.0742 e. The number of rotatable bonds is 0. The highest BCUT2D eigenvalue weighted by Crippen LogP contribution is 2.36. The molecule has 0 saturated carbocycles. The Balaban J connectivity index is 2.27. The molecule has 2 radical (unpaired) electrons. The smallest absolute Gasteiger partial charge is 0.0682 e. The van der Waals surface area contributed by atoms with E-state index < -0.39 is 0 Å². The van der Waals surface area contributed by atoms with Crippen molar-refractivity contribution in [1.82, 2.24) is 0 Å². The van der Waals surface area contributed by atoms with Gasteiger partial charge in [0.15, 0.2) is 0 Å². The summed E-state index contributed by atoms with van der Waals surface area (Å²) in [5.41, 5.74) is 2.99. The maximum atomic E-state index is 6.16. The van der Waals surface area contributed by atoms with Gasteiger partial charge in [-0.2, -0.15) is 0 Å². The van der Waals surface area contributed by atoms with Crippen molar-refractivity contribution >= 4 is 7.85 Å². The maximum Gasteiger partial charge on any atom is 0.0742 e. The van der Waals surface area contributed by atoms with Crippen LogP contribution in [0.4, 0.5) is 0 Å². The molecule has 0 amide bonds. The van der Waals surface area contributed by atoms with E-state index in [1.165, 1.54) is 11.1 Å². The number of hydrogen-bond donors (Lipinski definition) is 0. The average molecular weight is 170 g/mol. The van der Waals surface area contributed by atoms with Gasteiger partial charge >= 0.3 is 0 Å². The quantitative estimate of drug-likeness (QED) is 0.414. The van der Waals surface area contributed by atoms with Crippen molar-refractivity contribution in [2.45, 2.75) is 37.9 Å². The third kappa shape index (κ3) is 1.96. The molecule has 66 valence electrons. The fourth-order valence-electron chi connectivity index (χ4n) is 2.01. The monoisotopic (exact) mass is 170 g/mol. The van der Waals surface area contributed by atoms with E-state index in [4.69, 9.17) is 7.85 Å². The van der Waals surface area contributed by atoms with Crippen LogP contribution in [0.5, 0.6) is 0 Å². The molecule has 2 rings (SSSR count). The molecule has 0 unspecified atom stereocenters. The number of aryl methyl sites for hydroxylation is 2. The molecule has 0 heterocycles. The number of hydrogen-bond acceptors (Lipinski definition) is 0. The highest BCUT2D eigenvalue weighted by Gasteiger charge is 2.21. The Morgan fingerprint density at radius 3 is 2.00 bits per heavy atom. The molecule has 1 heteroatoms. The molecule has 1 aliphatic carbocycles. The first kappa shape index (κ1) is 8.86. The third-order valence-corrected chi connectivity index (χ3v) is 3.05. The van der Waals surface area contributed by atoms with Gasteiger partial charge in [-0.25, -0.2) is 0 Å². The third-order valence-electron chi connectivity index (χ3n) is 3.05. The zero-order valence-electron chi connectivity index (χ0n) is 8.22. The van der Waals surface area contributed by atoms with E-state index in [-0.39, 0.29) is 5.31 Å². The Kier molecular flexibility index (Phi) is 2.19. The summed E-state index contributed by atoms with van der Waals surface area (Å²) in [4.78, 5) is 0. The van der Waals surface area contributed by atoms with Crippen molar-refractivity contribution in [2.24, 2.45) is 0 Å². The van der Waals surface area contributed by atoms with Crippen LogP contribution in [0.1, 0.15) is 30.9 Å². The van der Waals surface area contributed by atoms with Crippen LogP contribution in [0, 0.1) is 0 Å². The molecule has 0 N–H and O–H groups in total. The van der Waals surface area contributed by atoms with Crippen molar-refractivity contribution < 1.29 is 0 Å². The normalized spacial score (nSPS) is 20.4. The second-order valence-corrected chi connectivity index (χ2v) is 4.42. The fraction of sp³-hybridized carbons (Fsp3) is 0.500. The van der Waals surface area contributed by atoms with Crippen molar-refractivity contribution in [1.29, 1.82) is 0 Å². The van der Waals surface area contributed by atoms with E-state index in [1.54, 1.807) is 0 Å². The lowest BCUT2D eigenvalue weighted by Crippen LogP contribution is -2.07. The van der Waals surface area contributed by atoms with Crippen LogP contribution in [-0.4, -0.2) is 7.85 Å². The second kappa shape index (κ2) is 3.21. The van der Waals surface area contributed by atoms with Gasteiger partial charge in [0.1, 0.15) is 0 Å². The molecule has 13 heavy (non-hydrogen) atoms. The van der Waals surface area contributed by atoms with Crippen LogP contribution in [-0.2, 0) is 12.8 Å². The van der Waals surface area contributed by atoms with Crippen molar-refractivity contribution in [3.05, 3.63) is 35.4 Å². The van der Waals surface area contributed by atoms with Crippen LogP contribution in [0.3, 0.4) is 0 Å². The van der Waals surface area contributed by atoms with Gasteiger partial charge in [-0.3, -0.25) is 0 Å². The molecule has 0 nitrogen and oxygen atoms in total. The van der Waals surface area contributed by atoms with Crippen molar-refractivity contribution in [2.75, 3.05) is 0 Å². The van der Waals surface area contributed by atoms with Crippen molar-refractivity contribution in [3.63, 3.8) is 0 Å². The second-order valence-electron chi connectivity index (χ2n) is 4.42. The molecule has 1 aromatic carbocycles. The minimum atomic E-state index is 0.0407. The lowest BCUT2D eigenvalue weighted by atomic mass is 9.65. The number of benzene rings is 1. The Labute approximate surface area is 81.8 Å². The Morgan fingerprint density at radius 1 is 1.08 bits per heavy atom. The van der Waals surface area contributed by atoms with Gasteiger partial charge in [0.2, 0.25) is 0 Å². The van der Waals surface area contributed by atoms with Gasteiger partial charge in [0.05, 0.1) is 7.85 Å². The van der Waals surface area contributed by atoms with Crippen LogP contribution in [0.15, 0.2) is 24.3 Å². The van der Waals surface area contributed by atoms with Gasteiger partial charge in [0, 0.05) is 0 Å². The first-order valence-corrected chi connectivity index (χ1v) is 5.03. The molecule has 1 aromatic rings. The summed E-state index contributed by atoms with van der Waals surface area (Å²) in [6.07, 6.45) is 4.51. The zero-order chi connectivity index (χ0) is 9.31. The summed E-state index contributed by atoms with van der Waals surface area (Å²) < 4.78 is 0. The van der Waals surface area contributed by atoms with Gasteiger partial charge < -0.3 is 0 Å². The molecule has 0 bridgehead atoms. The van der Waals surface area contributed by atoms with Gasteiger partial charge in [-0.1, -0.05) is 49.3 Å². The SMILES string of the molecule is [B]C1(C)CCc2ccccc2CC1. The number of fused-ring (bicyclic) bond motifs is 1. The van der Waals surface area contributed by atoms with E-state index in [2.05, 4.69) is 31.2 Å². The van der Waals surface area contributed by atoms with E-state index in [0.717, 1.165) is 25.7 Å². The topological polar surface area (TPSA) is 0 Å². The summed E-state index contributed by atoms with van der Waals surface area (Å²) in [5, 5.41) is 0.0407. The fourth-order valence-corrected chi connectivity index (χ4v) is 2.01. The lowest BCUT2D eigenvalue weighted by Gasteiger charge is -2.21. The molecule has 0 aliphatic heterocycles. The summed E-state index contributed by atoms with van der Waals surface area (Å²) in [5.74, 6) is 0. The lowest BCUT2D eigenvalue weighted by molar-refractivity contribution is 0.535. The Morgan fingerprint density at radius 2 is 1.54 bits per heavy atom. The van der Waals surface area contributed by atoms with Crippen molar-refractivity contribution in [3.8, 4) is 0 Å². The molecule has 1 aliphatic rings. The van der Waals surface area contributed by atoms with Crippen LogP contribution in [0.2, 0.25) is 5.31 Å². The zero-order valence-corrected chi connectivity index (χ0v) is 8.22. The highest BCUT2D eigenvalue weighted by molar-refractivity contribution is 6.14. The van der Waals surface area contributed by atoms with Crippen LogP contribution >= 0.6 is 0 Å². The predicted molar refractivity (Wildman–Crippen MR) is 57.2 cm³/mol. The standard InChI is InChI=1S/C12H15B/c1-12(13)8-6-10-4-2-3-5-11(10)7-9-12/h2-5H,6-9H2,1H3. The molecule has 0 fully saturated rings. The molecule has 0 saturated heterocycles. The minimum absolute atomic E-state index is 0.0407. The predicted octanol–water partition coefficient (Wildman–Crippen LogP) is 2.91. The molecule has 0 atom stereocenters. The minimum Gasteiger partial charge on any atom is -0.0682 e. The Bertz CT molecular complexity index is 273. The van der Waals surface area contributed by atoms with Gasteiger partial charge in [-0.05, 0) is 24.0 Å². The molecule has 0 aromatic heterocycles. The van der Waals surface area contributed by atoms with Crippen LogP contribution < -0.4 is 0 Å². The van der Waals surface area contributed by atoms with E-state index in [1.807, 2.05) is 0 Å². The van der Waals surface area contributed by atoms with E-state index in [0.29, 0.717) is 0 Å². The van der Waals surface area contributed by atoms with E-state index >= 15 is 0 Å². The van der Waals surface area contributed by atoms with Gasteiger partial charge in [0.25, 0.3) is 0 Å². The first-order valence-electron chi connectivity index (χ1n) is 5.03.